The summed E-state index contributed by atoms with van der Waals surface area (Å²) in [6.45, 7) is 9.24. The molecule has 0 fully saturated rings. The molecular weight excluding hydrogens is 400 g/mol. The molecule has 0 saturated heterocycles. The maximum absolute atomic E-state index is 12.7. The van der Waals surface area contributed by atoms with E-state index in [4.69, 9.17) is 0 Å². The summed E-state index contributed by atoms with van der Waals surface area (Å²) < 4.78 is 2.02. The first-order valence-corrected chi connectivity index (χ1v) is 10.9. The van der Waals surface area contributed by atoms with Crippen LogP contribution in [0.2, 0.25) is 0 Å². The normalized spacial score (nSPS) is 16.4. The molecule has 1 aromatic heterocycles. The van der Waals surface area contributed by atoms with E-state index in [9.17, 15) is 4.79 Å². The number of benzene rings is 2. The molecule has 3 heterocycles. The van der Waals surface area contributed by atoms with Gasteiger partial charge < -0.3 is 9.88 Å². The Morgan fingerprint density at radius 1 is 0.906 bits per heavy atom. The molecule has 2 aliphatic rings. The van der Waals surface area contributed by atoms with Gasteiger partial charge in [0.05, 0.1) is 19.2 Å². The molecule has 2 aliphatic heterocycles. The minimum Gasteiger partial charge on any atom is -0.331 e. The molecule has 1 unspecified atom stereocenters. The van der Waals surface area contributed by atoms with Gasteiger partial charge in [-0.05, 0) is 25.0 Å². The quantitative estimate of drug-likeness (QED) is 0.650. The van der Waals surface area contributed by atoms with E-state index < -0.39 is 6.17 Å². The number of aryl methyl sites for hydroxylation is 2. The average molecular weight is 429 g/mol. The topological polar surface area (TPSA) is 74.9 Å². The molecule has 0 bridgehead atoms. The third-order valence-electron chi connectivity index (χ3n) is 5.45. The first-order valence-electron chi connectivity index (χ1n) is 10.9. The first kappa shape index (κ1) is 21.5. The molecule has 164 valence electrons. The van der Waals surface area contributed by atoms with Gasteiger partial charge in [0, 0.05) is 6.54 Å². The number of amides is 2. The summed E-state index contributed by atoms with van der Waals surface area (Å²) >= 11 is 0. The molecule has 0 radical (unpaired) electrons. The summed E-state index contributed by atoms with van der Waals surface area (Å²) in [6.07, 6.45) is 2.94. The number of nitrogens with one attached hydrogen (secondary N) is 1. The van der Waals surface area contributed by atoms with Crippen LogP contribution in [0.4, 0.5) is 10.6 Å². The van der Waals surface area contributed by atoms with E-state index in [0.717, 1.165) is 11.4 Å². The highest BCUT2D eigenvalue weighted by molar-refractivity contribution is 6.17. The number of carbonyl (C=O) groups is 1. The number of rotatable bonds is 4. The second-order valence-electron chi connectivity index (χ2n) is 7.74. The van der Waals surface area contributed by atoms with Crippen molar-refractivity contribution in [1.82, 2.24) is 14.5 Å². The number of carbonyl (C=O) groups excluding carboxylic acids is 1. The zero-order valence-electron chi connectivity index (χ0n) is 18.9. The van der Waals surface area contributed by atoms with Gasteiger partial charge in [0.1, 0.15) is 17.2 Å². The Labute approximate surface area is 188 Å². The largest absolute Gasteiger partial charge is 0.346 e. The van der Waals surface area contributed by atoms with Crippen molar-refractivity contribution in [3.05, 3.63) is 82.8 Å². The molecule has 0 spiro atoms. The second-order valence-corrected chi connectivity index (χ2v) is 7.74. The first-order chi connectivity index (χ1) is 15.6. The highest BCUT2D eigenvalue weighted by Crippen LogP contribution is 2.28. The lowest BCUT2D eigenvalue weighted by Gasteiger charge is -2.21. The van der Waals surface area contributed by atoms with Crippen LogP contribution >= 0.6 is 0 Å². The van der Waals surface area contributed by atoms with Crippen LogP contribution in [-0.2, 0) is 13.1 Å². The van der Waals surface area contributed by atoms with E-state index in [2.05, 4.69) is 51.5 Å². The van der Waals surface area contributed by atoms with Crippen LogP contribution in [0.3, 0.4) is 0 Å². The highest BCUT2D eigenvalue weighted by Gasteiger charge is 2.38. The van der Waals surface area contributed by atoms with E-state index >= 15 is 0 Å². The highest BCUT2D eigenvalue weighted by atomic mass is 16.2. The zero-order chi connectivity index (χ0) is 22.7. The summed E-state index contributed by atoms with van der Waals surface area (Å²) in [5, 5.41) is 3.23. The molecule has 2 amide bonds. The van der Waals surface area contributed by atoms with Gasteiger partial charge in [-0.2, -0.15) is 4.99 Å². The number of aromatic nitrogens is 2. The maximum atomic E-state index is 12.7. The van der Waals surface area contributed by atoms with Gasteiger partial charge in [0.25, 0.3) is 0 Å². The van der Waals surface area contributed by atoms with E-state index in [1.54, 1.807) is 17.6 Å². The number of fused-ring (bicyclic) bond motifs is 3. The minimum atomic E-state index is -0.477. The Kier molecular flexibility index (Phi) is 6.16. The van der Waals surface area contributed by atoms with Gasteiger partial charge in [-0.1, -0.05) is 73.5 Å². The third kappa shape index (κ3) is 4.19. The van der Waals surface area contributed by atoms with Crippen molar-refractivity contribution in [3.63, 3.8) is 0 Å². The van der Waals surface area contributed by atoms with Gasteiger partial charge in [0.2, 0.25) is 0 Å². The fraction of sp³-hybridized carbons (Fsp3) is 0.280. The number of hydrogen-bond donors (Lipinski definition) is 1. The van der Waals surface area contributed by atoms with E-state index in [1.807, 2.05) is 49.6 Å². The van der Waals surface area contributed by atoms with E-state index in [1.165, 1.54) is 16.7 Å². The minimum absolute atomic E-state index is 0.284. The Morgan fingerprint density at radius 2 is 1.50 bits per heavy atom. The molecule has 7 heteroatoms. The summed E-state index contributed by atoms with van der Waals surface area (Å²) in [6, 6.07) is 16.3. The van der Waals surface area contributed by atoms with Gasteiger partial charge in [-0.25, -0.2) is 14.8 Å². The van der Waals surface area contributed by atoms with Gasteiger partial charge in [-0.3, -0.25) is 4.90 Å². The molecule has 0 aliphatic carbocycles. The number of anilines is 1. The predicted molar refractivity (Wildman–Crippen MR) is 128 cm³/mol. The van der Waals surface area contributed by atoms with Gasteiger partial charge in [0.15, 0.2) is 6.17 Å². The lowest BCUT2D eigenvalue weighted by Crippen LogP contribution is -2.35. The van der Waals surface area contributed by atoms with Crippen LogP contribution in [0.1, 0.15) is 41.8 Å². The molecule has 1 N–H and O–H groups in total. The molecule has 1 atom stereocenters. The summed E-state index contributed by atoms with van der Waals surface area (Å²) in [7, 11) is 0. The molecule has 0 saturated carbocycles. The van der Waals surface area contributed by atoms with Crippen molar-refractivity contribution in [2.45, 2.75) is 47.0 Å². The van der Waals surface area contributed by atoms with Crippen LogP contribution in [0.25, 0.3) is 0 Å². The number of nitrogens with zero attached hydrogens (tertiary/aromatic N) is 5. The van der Waals surface area contributed by atoms with Crippen molar-refractivity contribution < 1.29 is 4.79 Å². The van der Waals surface area contributed by atoms with Crippen LogP contribution in [0, 0.1) is 13.8 Å². The molecule has 32 heavy (non-hydrogen) atoms. The fourth-order valence-electron chi connectivity index (χ4n) is 3.75. The van der Waals surface area contributed by atoms with Crippen molar-refractivity contribution in [3.8, 4) is 0 Å². The summed E-state index contributed by atoms with van der Waals surface area (Å²) in [5.41, 5.74) is 5.89. The van der Waals surface area contributed by atoms with Gasteiger partial charge in [-0.15, -0.1) is 0 Å². The molecule has 3 aromatic rings. The Bertz CT molecular complexity index is 1160. The Hall–Kier alpha value is -3.74. The third-order valence-corrected chi connectivity index (χ3v) is 5.45. The molecule has 2 aromatic carbocycles. The van der Waals surface area contributed by atoms with Crippen molar-refractivity contribution >= 4 is 23.9 Å². The van der Waals surface area contributed by atoms with E-state index in [-0.39, 0.29) is 6.03 Å². The van der Waals surface area contributed by atoms with Crippen LogP contribution < -0.4 is 5.32 Å². The maximum Gasteiger partial charge on any atom is 0.346 e. The lowest BCUT2D eigenvalue weighted by atomic mass is 10.1. The number of imidazole rings is 1. The van der Waals surface area contributed by atoms with Crippen LogP contribution in [-0.4, -0.2) is 38.7 Å². The molecular formula is C25H28N6O. The Balaban J connectivity index is 0.00000119. The average Bonchev–Trinajstić information content (AvgIpc) is 3.27. The van der Waals surface area contributed by atoms with Crippen molar-refractivity contribution in [1.29, 1.82) is 0 Å². The Morgan fingerprint density at radius 3 is 2.12 bits per heavy atom. The predicted octanol–water partition coefficient (Wildman–Crippen LogP) is 4.78. The zero-order valence-corrected chi connectivity index (χ0v) is 18.9. The van der Waals surface area contributed by atoms with Crippen LogP contribution in [0.15, 0.2) is 64.8 Å². The lowest BCUT2D eigenvalue weighted by molar-refractivity contribution is 0.205. The molecule has 5 rings (SSSR count). The van der Waals surface area contributed by atoms with Crippen molar-refractivity contribution in [2.75, 3.05) is 5.32 Å². The number of aliphatic imine (C=N–C) groups is 2. The van der Waals surface area contributed by atoms with E-state index in [0.29, 0.717) is 24.5 Å². The SMILES string of the molecule is CC.Cc1ccc(CN2C(=O)N=C3c4ncn(Cc5ccc(C)cc5)c4NC=NC32)cc1. The smallest absolute Gasteiger partial charge is 0.331 e. The fourth-order valence-corrected chi connectivity index (χ4v) is 3.75. The standard InChI is InChI=1S/C23H22N6O.C2H6/c1-15-3-7-17(8-4-15)11-28-14-26-19-20-22(25-13-24-21(19)28)29(23(30)27-20)12-18-9-5-16(2)6-10-18;1-2/h3-10,13-14,22H,11-12H2,1-2H3,(H,24,25);1-2H3. The van der Waals surface area contributed by atoms with Crippen LogP contribution in [0.5, 0.6) is 0 Å². The molecule has 7 nitrogen and oxygen atoms in total. The number of urea groups is 1. The van der Waals surface area contributed by atoms with Crippen molar-refractivity contribution in [2.24, 2.45) is 9.98 Å². The monoisotopic (exact) mass is 428 g/mol. The summed E-state index contributed by atoms with van der Waals surface area (Å²) in [4.78, 5) is 27.8. The second kappa shape index (κ2) is 9.18. The number of hydrogen-bond acceptors (Lipinski definition) is 4. The van der Waals surface area contributed by atoms with Gasteiger partial charge >= 0.3 is 6.03 Å². The summed E-state index contributed by atoms with van der Waals surface area (Å²) in [5.74, 6) is 0.797.